The number of hydrogen-bond acceptors (Lipinski definition) is 7. The Bertz CT molecular complexity index is 852. The lowest BCUT2D eigenvalue weighted by Gasteiger charge is -2.20. The molecule has 0 aliphatic carbocycles. The molecule has 6 nitrogen and oxygen atoms in total. The van der Waals surface area contributed by atoms with E-state index in [-0.39, 0.29) is 17.2 Å². The minimum absolute atomic E-state index is 0.00704. The number of furan rings is 1. The molecular formula is C20H24N4O2S2. The van der Waals surface area contributed by atoms with Gasteiger partial charge in [0.2, 0.25) is 11.0 Å². The molecule has 148 valence electrons. The summed E-state index contributed by atoms with van der Waals surface area (Å²) in [5.74, 6) is 0.840. The zero-order valence-corrected chi connectivity index (χ0v) is 17.6. The van der Waals surface area contributed by atoms with Gasteiger partial charge in [0.25, 0.3) is 0 Å². The summed E-state index contributed by atoms with van der Waals surface area (Å²) in [7, 11) is 0. The molecule has 28 heavy (non-hydrogen) atoms. The molecule has 8 heteroatoms. The normalized spacial score (nSPS) is 13.1. The molecule has 2 aromatic heterocycles. The second-order valence-corrected chi connectivity index (χ2v) is 8.89. The Balaban J connectivity index is 1.53. The fraction of sp³-hybridized carbons (Fsp3) is 0.350. The summed E-state index contributed by atoms with van der Waals surface area (Å²) < 4.78 is 6.05. The first kappa shape index (κ1) is 20.4. The first-order chi connectivity index (χ1) is 13.7. The summed E-state index contributed by atoms with van der Waals surface area (Å²) in [6, 6.07) is 13.9. The summed E-state index contributed by atoms with van der Waals surface area (Å²) >= 11 is 2.85. The van der Waals surface area contributed by atoms with Crippen LogP contribution in [-0.2, 0) is 11.3 Å². The van der Waals surface area contributed by atoms with Crippen LogP contribution in [0.1, 0.15) is 44.1 Å². The number of thioether (sulfide) groups is 1. The van der Waals surface area contributed by atoms with Crippen molar-refractivity contribution in [2.75, 3.05) is 5.32 Å². The van der Waals surface area contributed by atoms with Gasteiger partial charge in [0, 0.05) is 0 Å². The Morgan fingerprint density at radius 2 is 2.04 bits per heavy atom. The zero-order chi connectivity index (χ0) is 19.8. The van der Waals surface area contributed by atoms with E-state index in [1.165, 1.54) is 23.1 Å². The quantitative estimate of drug-likeness (QED) is 0.459. The third-order valence-corrected chi connectivity index (χ3v) is 6.21. The van der Waals surface area contributed by atoms with Crippen LogP contribution in [0.2, 0.25) is 0 Å². The van der Waals surface area contributed by atoms with Crippen LogP contribution in [0, 0.1) is 0 Å². The summed E-state index contributed by atoms with van der Waals surface area (Å²) in [4.78, 5) is 12.7. The summed E-state index contributed by atoms with van der Waals surface area (Å²) in [5.41, 5.74) is 1.13. The first-order valence-corrected chi connectivity index (χ1v) is 11.0. The predicted molar refractivity (Wildman–Crippen MR) is 113 cm³/mol. The molecule has 0 bridgehead atoms. The topological polar surface area (TPSA) is 80.0 Å². The van der Waals surface area contributed by atoms with Crippen molar-refractivity contribution in [2.24, 2.45) is 0 Å². The number of carbonyl (C=O) groups is 1. The van der Waals surface area contributed by atoms with E-state index >= 15 is 0 Å². The molecule has 0 fully saturated rings. The Kier molecular flexibility index (Phi) is 7.50. The molecule has 1 amide bonds. The third kappa shape index (κ3) is 5.84. The molecule has 2 heterocycles. The minimum atomic E-state index is -0.256. The second-order valence-electron chi connectivity index (χ2n) is 6.33. The highest BCUT2D eigenvalue weighted by molar-refractivity contribution is 8.02. The summed E-state index contributed by atoms with van der Waals surface area (Å²) in [6.07, 6.45) is 3.55. The number of carbonyl (C=O) groups excluding carboxylic acids is 1. The van der Waals surface area contributed by atoms with Crippen LogP contribution in [0.3, 0.4) is 0 Å². The molecular weight excluding hydrogens is 392 g/mol. The van der Waals surface area contributed by atoms with Gasteiger partial charge in [0.05, 0.1) is 24.1 Å². The first-order valence-electron chi connectivity index (χ1n) is 9.27. The summed E-state index contributed by atoms with van der Waals surface area (Å²) in [5, 5.41) is 15.1. The number of hydrogen-bond donors (Lipinski definition) is 2. The molecule has 2 N–H and O–H groups in total. The van der Waals surface area contributed by atoms with E-state index in [9.17, 15) is 4.79 Å². The maximum atomic E-state index is 12.7. The average Bonchev–Trinajstić information content (AvgIpc) is 3.38. The van der Waals surface area contributed by atoms with Gasteiger partial charge in [0.15, 0.2) is 4.34 Å². The molecule has 0 aliphatic rings. The Labute approximate surface area is 173 Å². The smallest absolute Gasteiger partial charge is 0.233 e. The van der Waals surface area contributed by atoms with Gasteiger partial charge >= 0.3 is 0 Å². The molecule has 0 saturated carbocycles. The van der Waals surface area contributed by atoms with Crippen LogP contribution in [0.5, 0.6) is 0 Å². The van der Waals surface area contributed by atoms with Crippen LogP contribution in [0.15, 0.2) is 57.5 Å². The Morgan fingerprint density at radius 3 is 2.75 bits per heavy atom. The van der Waals surface area contributed by atoms with Gasteiger partial charge in [-0.15, -0.1) is 10.2 Å². The van der Waals surface area contributed by atoms with Crippen LogP contribution < -0.4 is 10.6 Å². The van der Waals surface area contributed by atoms with Crippen LogP contribution in [0.4, 0.5) is 5.13 Å². The summed E-state index contributed by atoms with van der Waals surface area (Å²) in [6.45, 7) is 4.57. The highest BCUT2D eigenvalue weighted by atomic mass is 32.2. The third-order valence-electron chi connectivity index (χ3n) is 4.14. The van der Waals surface area contributed by atoms with Crippen LogP contribution >= 0.6 is 23.1 Å². The van der Waals surface area contributed by atoms with Crippen LogP contribution in [-0.4, -0.2) is 21.4 Å². The van der Waals surface area contributed by atoms with Gasteiger partial charge in [-0.2, -0.15) is 0 Å². The average molecular weight is 417 g/mol. The van der Waals surface area contributed by atoms with Crippen molar-refractivity contribution in [2.45, 2.75) is 48.9 Å². The number of rotatable bonds is 10. The van der Waals surface area contributed by atoms with E-state index in [4.69, 9.17) is 4.42 Å². The fourth-order valence-corrected chi connectivity index (χ4v) is 4.60. The van der Waals surface area contributed by atoms with E-state index in [0.717, 1.165) is 28.5 Å². The molecule has 3 aromatic rings. The molecule has 0 spiro atoms. The SMILES string of the molecule is CCC[C@@H](NC(=O)[C@H](C)Sc1nnc(NCc2ccco2)s1)c1ccccc1. The lowest BCUT2D eigenvalue weighted by Crippen LogP contribution is -2.34. The fourth-order valence-electron chi connectivity index (χ4n) is 2.69. The number of nitrogens with zero attached hydrogens (tertiary/aromatic N) is 2. The van der Waals surface area contributed by atoms with Gasteiger partial charge in [-0.25, -0.2) is 0 Å². The van der Waals surface area contributed by atoms with E-state index in [0.29, 0.717) is 11.7 Å². The van der Waals surface area contributed by atoms with Gasteiger partial charge < -0.3 is 15.1 Å². The predicted octanol–water partition coefficient (Wildman–Crippen LogP) is 4.88. The zero-order valence-electron chi connectivity index (χ0n) is 15.9. The molecule has 1 aromatic carbocycles. The van der Waals surface area contributed by atoms with Crippen molar-refractivity contribution < 1.29 is 9.21 Å². The highest BCUT2D eigenvalue weighted by Crippen LogP contribution is 2.30. The number of benzene rings is 1. The Morgan fingerprint density at radius 1 is 1.21 bits per heavy atom. The van der Waals surface area contributed by atoms with Crippen molar-refractivity contribution in [1.29, 1.82) is 0 Å². The number of anilines is 1. The maximum absolute atomic E-state index is 12.7. The van der Waals surface area contributed by atoms with Crippen molar-refractivity contribution in [3.63, 3.8) is 0 Å². The van der Waals surface area contributed by atoms with Gasteiger partial charge in [-0.1, -0.05) is 66.8 Å². The lowest BCUT2D eigenvalue weighted by atomic mass is 10.0. The van der Waals surface area contributed by atoms with Crippen LogP contribution in [0.25, 0.3) is 0 Å². The molecule has 0 aliphatic heterocycles. The molecule has 0 saturated heterocycles. The lowest BCUT2D eigenvalue weighted by molar-refractivity contribution is -0.121. The second kappa shape index (κ2) is 10.3. The number of amides is 1. The van der Waals surface area contributed by atoms with Gasteiger partial charge in [0.1, 0.15) is 5.76 Å². The molecule has 0 unspecified atom stereocenters. The van der Waals surface area contributed by atoms with E-state index in [2.05, 4.69) is 39.9 Å². The highest BCUT2D eigenvalue weighted by Gasteiger charge is 2.21. The van der Waals surface area contributed by atoms with E-state index in [1.807, 2.05) is 37.3 Å². The van der Waals surface area contributed by atoms with Crippen molar-refractivity contribution in [3.05, 3.63) is 60.1 Å². The minimum Gasteiger partial charge on any atom is -0.467 e. The standard InChI is InChI=1S/C20H24N4O2S2/c1-3-8-17(15-9-5-4-6-10-15)22-18(25)14(2)27-20-24-23-19(28-20)21-13-16-11-7-12-26-16/h4-7,9-12,14,17H,3,8,13H2,1-2H3,(H,21,23)(H,22,25)/t14-,17+/m0/s1. The Hall–Kier alpha value is -2.32. The monoisotopic (exact) mass is 416 g/mol. The van der Waals surface area contributed by atoms with Gasteiger partial charge in [-0.3, -0.25) is 4.79 Å². The number of aromatic nitrogens is 2. The van der Waals surface area contributed by atoms with Crippen molar-refractivity contribution in [3.8, 4) is 0 Å². The molecule has 0 radical (unpaired) electrons. The largest absolute Gasteiger partial charge is 0.467 e. The van der Waals surface area contributed by atoms with Gasteiger partial charge in [-0.05, 0) is 31.0 Å². The molecule has 2 atom stereocenters. The van der Waals surface area contributed by atoms with Crippen molar-refractivity contribution >= 4 is 34.1 Å². The van der Waals surface area contributed by atoms with Crippen molar-refractivity contribution in [1.82, 2.24) is 15.5 Å². The maximum Gasteiger partial charge on any atom is 0.233 e. The number of nitrogens with one attached hydrogen (secondary N) is 2. The molecule has 3 rings (SSSR count). The van der Waals surface area contributed by atoms with E-state index < -0.39 is 0 Å². The van der Waals surface area contributed by atoms with E-state index in [1.54, 1.807) is 6.26 Å².